The normalized spacial score (nSPS) is 16.6. The number of benzene rings is 2. The highest BCUT2D eigenvalue weighted by Crippen LogP contribution is 2.30. The van der Waals surface area contributed by atoms with Crippen molar-refractivity contribution >= 4 is 5.78 Å². The number of carbonyl (C=O) groups is 1. The molecule has 2 nitrogen and oxygen atoms in total. The highest BCUT2D eigenvalue weighted by molar-refractivity contribution is 6.00. The van der Waals surface area contributed by atoms with Gasteiger partial charge in [-0.05, 0) is 23.8 Å². The summed E-state index contributed by atoms with van der Waals surface area (Å²) >= 11 is 0. The van der Waals surface area contributed by atoms with Crippen molar-refractivity contribution < 1.29 is 22.7 Å². The lowest BCUT2D eigenvalue weighted by Crippen LogP contribution is -2.26. The molecule has 20 heavy (non-hydrogen) atoms. The number of fused-ring (bicyclic) bond motifs is 1. The number of para-hydroxylation sites is 1. The van der Waals surface area contributed by atoms with Crippen LogP contribution in [0.25, 0.3) is 0 Å². The van der Waals surface area contributed by atoms with Gasteiger partial charge in [-0.1, -0.05) is 18.2 Å². The maximum absolute atomic E-state index is 13.6. The van der Waals surface area contributed by atoms with E-state index in [-0.39, 0.29) is 6.42 Å². The summed E-state index contributed by atoms with van der Waals surface area (Å²) < 4.78 is 45.0. The van der Waals surface area contributed by atoms with E-state index in [2.05, 4.69) is 0 Å². The van der Waals surface area contributed by atoms with Crippen molar-refractivity contribution in [2.24, 2.45) is 0 Å². The zero-order chi connectivity index (χ0) is 14.3. The van der Waals surface area contributed by atoms with E-state index in [0.717, 1.165) is 17.7 Å². The van der Waals surface area contributed by atoms with E-state index < -0.39 is 34.9 Å². The van der Waals surface area contributed by atoms with E-state index in [1.54, 1.807) is 24.3 Å². The monoisotopic (exact) mass is 278 g/mol. The second-order valence-corrected chi connectivity index (χ2v) is 4.51. The van der Waals surface area contributed by atoms with Crippen LogP contribution in [0.1, 0.15) is 15.9 Å². The third-order valence-electron chi connectivity index (χ3n) is 3.24. The molecule has 0 saturated carbocycles. The minimum absolute atomic E-state index is 0.285. The number of Topliss-reactive ketones (excluding diaryl/α,β-unsaturated/α-hetero) is 1. The van der Waals surface area contributed by atoms with Gasteiger partial charge in [0, 0.05) is 6.42 Å². The van der Waals surface area contributed by atoms with Gasteiger partial charge >= 0.3 is 0 Å². The minimum atomic E-state index is -1.65. The number of hydrogen-bond donors (Lipinski definition) is 0. The number of hydrogen-bond acceptors (Lipinski definition) is 2. The van der Waals surface area contributed by atoms with E-state index in [1.807, 2.05) is 0 Å². The van der Waals surface area contributed by atoms with Crippen molar-refractivity contribution in [2.45, 2.75) is 12.5 Å². The quantitative estimate of drug-likeness (QED) is 0.622. The summed E-state index contributed by atoms with van der Waals surface area (Å²) in [6, 6.07) is 8.71. The summed E-state index contributed by atoms with van der Waals surface area (Å²) in [5.41, 5.74) is 0.329. The molecule has 0 aliphatic carbocycles. The molecule has 0 spiro atoms. The predicted octanol–water partition coefficient (Wildman–Crippen LogP) is 3.29. The SMILES string of the molecule is O=C(c1ccc(F)c(F)c1F)C1Cc2ccccc2O1. The summed E-state index contributed by atoms with van der Waals surface area (Å²) in [7, 11) is 0. The van der Waals surface area contributed by atoms with Gasteiger partial charge in [0.15, 0.2) is 23.6 Å². The Morgan fingerprint density at radius 3 is 2.55 bits per heavy atom. The number of ketones is 1. The van der Waals surface area contributed by atoms with E-state index in [0.29, 0.717) is 5.75 Å². The van der Waals surface area contributed by atoms with Crippen molar-refractivity contribution in [1.82, 2.24) is 0 Å². The summed E-state index contributed by atoms with van der Waals surface area (Å²) in [6.45, 7) is 0. The van der Waals surface area contributed by atoms with Gasteiger partial charge in [0.2, 0.25) is 5.78 Å². The minimum Gasteiger partial charge on any atom is -0.482 e. The zero-order valence-corrected chi connectivity index (χ0v) is 10.2. The Hall–Kier alpha value is -2.30. The van der Waals surface area contributed by atoms with E-state index in [4.69, 9.17) is 4.74 Å². The van der Waals surface area contributed by atoms with E-state index >= 15 is 0 Å². The first-order valence-electron chi connectivity index (χ1n) is 6.00. The van der Waals surface area contributed by atoms with Gasteiger partial charge in [-0.25, -0.2) is 13.2 Å². The fourth-order valence-corrected chi connectivity index (χ4v) is 2.22. The Bertz CT molecular complexity index is 673. The Balaban J connectivity index is 1.91. The first kappa shape index (κ1) is 12.7. The standard InChI is InChI=1S/C15H9F3O2/c16-10-6-5-9(13(17)14(10)18)15(19)12-7-8-3-1-2-4-11(8)20-12/h1-6,12H,7H2. The Kier molecular flexibility index (Phi) is 2.97. The molecule has 0 radical (unpaired) electrons. The molecule has 0 fully saturated rings. The smallest absolute Gasteiger partial charge is 0.206 e. The maximum Gasteiger partial charge on any atom is 0.206 e. The number of carbonyl (C=O) groups excluding carboxylic acids is 1. The first-order chi connectivity index (χ1) is 9.58. The van der Waals surface area contributed by atoms with Crippen LogP contribution in [0.4, 0.5) is 13.2 Å². The molecule has 0 saturated heterocycles. The third-order valence-corrected chi connectivity index (χ3v) is 3.24. The largest absolute Gasteiger partial charge is 0.482 e. The fraction of sp³-hybridized carbons (Fsp3) is 0.133. The highest BCUT2D eigenvalue weighted by atomic mass is 19.2. The van der Waals surface area contributed by atoms with Crippen LogP contribution in [0.5, 0.6) is 5.75 Å². The van der Waals surface area contributed by atoms with Crippen molar-refractivity contribution in [3.63, 3.8) is 0 Å². The van der Waals surface area contributed by atoms with E-state index in [1.165, 1.54) is 0 Å². The molecule has 2 aromatic rings. The molecule has 5 heteroatoms. The second-order valence-electron chi connectivity index (χ2n) is 4.51. The van der Waals surface area contributed by atoms with Crippen LogP contribution in [0.2, 0.25) is 0 Å². The van der Waals surface area contributed by atoms with Crippen LogP contribution in [0, 0.1) is 17.5 Å². The van der Waals surface area contributed by atoms with Crippen molar-refractivity contribution in [3.05, 3.63) is 65.0 Å². The molecular formula is C15H9F3O2. The molecular weight excluding hydrogens is 269 g/mol. The molecule has 1 heterocycles. The lowest BCUT2D eigenvalue weighted by atomic mass is 10.0. The fourth-order valence-electron chi connectivity index (χ4n) is 2.22. The van der Waals surface area contributed by atoms with Gasteiger partial charge in [0.05, 0.1) is 5.56 Å². The van der Waals surface area contributed by atoms with E-state index in [9.17, 15) is 18.0 Å². The predicted molar refractivity (Wildman–Crippen MR) is 65.2 cm³/mol. The molecule has 1 atom stereocenters. The maximum atomic E-state index is 13.6. The van der Waals surface area contributed by atoms with Crippen LogP contribution < -0.4 is 4.74 Å². The molecule has 102 valence electrons. The average Bonchev–Trinajstić information content (AvgIpc) is 2.88. The highest BCUT2D eigenvalue weighted by Gasteiger charge is 2.32. The van der Waals surface area contributed by atoms with Crippen molar-refractivity contribution in [2.75, 3.05) is 0 Å². The molecule has 0 amide bonds. The van der Waals surface area contributed by atoms with Crippen molar-refractivity contribution in [1.29, 1.82) is 0 Å². The number of halogens is 3. The molecule has 1 aliphatic heterocycles. The van der Waals surface area contributed by atoms with Crippen LogP contribution in [0.3, 0.4) is 0 Å². The number of ether oxygens (including phenoxy) is 1. The number of rotatable bonds is 2. The molecule has 0 N–H and O–H groups in total. The average molecular weight is 278 g/mol. The van der Waals surface area contributed by atoms with Gasteiger partial charge in [0.25, 0.3) is 0 Å². The lowest BCUT2D eigenvalue weighted by Gasteiger charge is -2.10. The van der Waals surface area contributed by atoms with Crippen molar-refractivity contribution in [3.8, 4) is 5.75 Å². The summed E-state index contributed by atoms with van der Waals surface area (Å²) in [5.74, 6) is -4.60. The topological polar surface area (TPSA) is 26.3 Å². The molecule has 2 aromatic carbocycles. The van der Waals surface area contributed by atoms with Gasteiger partial charge in [-0.2, -0.15) is 0 Å². The molecule has 3 rings (SSSR count). The summed E-state index contributed by atoms with van der Waals surface area (Å²) in [6.07, 6.45) is -0.625. The van der Waals surface area contributed by atoms with Crippen LogP contribution in [0.15, 0.2) is 36.4 Å². The third kappa shape index (κ3) is 1.95. The Labute approximate surface area is 112 Å². The van der Waals surface area contributed by atoms with Gasteiger partial charge < -0.3 is 4.74 Å². The summed E-state index contributed by atoms with van der Waals surface area (Å²) in [5, 5.41) is 0. The molecule has 1 aliphatic rings. The molecule has 0 bridgehead atoms. The summed E-state index contributed by atoms with van der Waals surface area (Å²) in [4.78, 5) is 12.1. The Morgan fingerprint density at radius 1 is 1.05 bits per heavy atom. The zero-order valence-electron chi connectivity index (χ0n) is 10.2. The molecule has 1 unspecified atom stereocenters. The molecule has 0 aromatic heterocycles. The van der Waals surface area contributed by atoms with Gasteiger partial charge in [0.1, 0.15) is 5.75 Å². The van der Waals surface area contributed by atoms with Crippen LogP contribution in [-0.2, 0) is 6.42 Å². The lowest BCUT2D eigenvalue weighted by molar-refractivity contribution is 0.0819. The van der Waals surface area contributed by atoms with Crippen LogP contribution in [-0.4, -0.2) is 11.9 Å². The Morgan fingerprint density at radius 2 is 1.80 bits per heavy atom. The van der Waals surface area contributed by atoms with Gasteiger partial charge in [-0.3, -0.25) is 4.79 Å². The first-order valence-corrected chi connectivity index (χ1v) is 6.00. The van der Waals surface area contributed by atoms with Gasteiger partial charge in [-0.15, -0.1) is 0 Å². The second kappa shape index (κ2) is 4.67. The van der Waals surface area contributed by atoms with Crippen LogP contribution >= 0.6 is 0 Å².